The van der Waals surface area contributed by atoms with Gasteiger partial charge in [0.05, 0.1) is 5.56 Å². The van der Waals surface area contributed by atoms with Crippen molar-refractivity contribution in [3.8, 4) is 0 Å². The Morgan fingerprint density at radius 1 is 1.10 bits per heavy atom. The Morgan fingerprint density at radius 3 is 2.70 bits per heavy atom. The van der Waals surface area contributed by atoms with Crippen molar-refractivity contribution in [2.24, 2.45) is 0 Å². The van der Waals surface area contributed by atoms with Gasteiger partial charge in [-0.2, -0.15) is 0 Å². The minimum absolute atomic E-state index is 0.123. The molecule has 1 aromatic carbocycles. The maximum absolute atomic E-state index is 12.4. The molecule has 1 saturated carbocycles. The molecule has 0 aromatic heterocycles. The van der Waals surface area contributed by atoms with Gasteiger partial charge in [-0.15, -0.1) is 0 Å². The molecule has 0 amide bonds. The van der Waals surface area contributed by atoms with Crippen molar-refractivity contribution in [3.63, 3.8) is 0 Å². The van der Waals surface area contributed by atoms with Crippen LogP contribution in [0.3, 0.4) is 0 Å². The second-order valence-corrected chi connectivity index (χ2v) is 5.88. The fraction of sp³-hybridized carbons (Fsp3) is 0.588. The molecule has 3 rings (SSSR count). The molecule has 1 aliphatic carbocycles. The lowest BCUT2D eigenvalue weighted by molar-refractivity contribution is 0.0266. The summed E-state index contributed by atoms with van der Waals surface area (Å²) in [5.74, 6) is -0.127. The van der Waals surface area contributed by atoms with Gasteiger partial charge in [0.25, 0.3) is 0 Å². The molecule has 1 aromatic rings. The first-order valence-electron chi connectivity index (χ1n) is 7.91. The molecule has 0 unspecified atom stereocenters. The zero-order chi connectivity index (χ0) is 13.8. The Kier molecular flexibility index (Phi) is 4.24. The van der Waals surface area contributed by atoms with Gasteiger partial charge in [0.2, 0.25) is 0 Å². The van der Waals surface area contributed by atoms with Crippen molar-refractivity contribution in [2.75, 3.05) is 11.9 Å². The highest BCUT2D eigenvalue weighted by atomic mass is 16.5. The summed E-state index contributed by atoms with van der Waals surface area (Å²) in [6, 6.07) is 5.91. The molecule has 0 atom stereocenters. The molecule has 0 saturated heterocycles. The standard InChI is InChI=1S/C17H23NO2/c19-17(20-13-7-3-1-2-4-8-13)15-9-5-11-16-14(15)10-6-12-18-16/h5,9,11,13,18H,1-4,6-8,10,12H2. The summed E-state index contributed by atoms with van der Waals surface area (Å²) in [6.45, 7) is 0.994. The van der Waals surface area contributed by atoms with E-state index in [2.05, 4.69) is 11.4 Å². The highest BCUT2D eigenvalue weighted by Crippen LogP contribution is 2.27. The molecule has 0 radical (unpaired) electrons. The summed E-state index contributed by atoms with van der Waals surface area (Å²) in [4.78, 5) is 12.4. The molecule has 1 fully saturated rings. The minimum atomic E-state index is -0.127. The number of rotatable bonds is 2. The van der Waals surface area contributed by atoms with Crippen molar-refractivity contribution in [2.45, 2.75) is 57.5 Å². The van der Waals surface area contributed by atoms with E-state index in [9.17, 15) is 4.79 Å². The Bertz CT molecular complexity index is 476. The Labute approximate surface area is 120 Å². The first kappa shape index (κ1) is 13.5. The number of hydrogen-bond donors (Lipinski definition) is 1. The highest BCUT2D eigenvalue weighted by molar-refractivity contribution is 5.93. The van der Waals surface area contributed by atoms with Gasteiger partial charge in [-0.1, -0.05) is 18.9 Å². The predicted octanol–water partition coefficient (Wildman–Crippen LogP) is 3.92. The largest absolute Gasteiger partial charge is 0.459 e. The van der Waals surface area contributed by atoms with E-state index in [0.717, 1.165) is 49.0 Å². The summed E-state index contributed by atoms with van der Waals surface area (Å²) in [5, 5.41) is 3.36. The maximum Gasteiger partial charge on any atom is 0.338 e. The third-order valence-corrected chi connectivity index (χ3v) is 4.39. The van der Waals surface area contributed by atoms with Crippen molar-refractivity contribution in [1.29, 1.82) is 0 Å². The van der Waals surface area contributed by atoms with E-state index < -0.39 is 0 Å². The minimum Gasteiger partial charge on any atom is -0.459 e. The number of nitrogens with one attached hydrogen (secondary N) is 1. The highest BCUT2D eigenvalue weighted by Gasteiger charge is 2.22. The fourth-order valence-electron chi connectivity index (χ4n) is 3.28. The van der Waals surface area contributed by atoms with Crippen LogP contribution in [0.4, 0.5) is 5.69 Å². The van der Waals surface area contributed by atoms with Gasteiger partial charge in [-0.3, -0.25) is 0 Å². The molecule has 20 heavy (non-hydrogen) atoms. The maximum atomic E-state index is 12.4. The average Bonchev–Trinajstić information content (AvgIpc) is 2.75. The summed E-state index contributed by atoms with van der Waals surface area (Å²) in [6.07, 6.45) is 9.16. The van der Waals surface area contributed by atoms with E-state index >= 15 is 0 Å². The van der Waals surface area contributed by atoms with Crippen LogP contribution in [0.15, 0.2) is 18.2 Å². The van der Waals surface area contributed by atoms with Crippen LogP contribution in [0.2, 0.25) is 0 Å². The molecule has 0 bridgehead atoms. The summed E-state index contributed by atoms with van der Waals surface area (Å²) < 4.78 is 5.76. The Hall–Kier alpha value is -1.51. The molecular weight excluding hydrogens is 250 g/mol. The first-order valence-corrected chi connectivity index (χ1v) is 7.91. The van der Waals surface area contributed by atoms with E-state index in [1.54, 1.807) is 0 Å². The molecule has 0 spiro atoms. The van der Waals surface area contributed by atoms with Crippen LogP contribution in [0.1, 0.15) is 60.9 Å². The monoisotopic (exact) mass is 273 g/mol. The topological polar surface area (TPSA) is 38.3 Å². The zero-order valence-electron chi connectivity index (χ0n) is 12.0. The molecule has 3 nitrogen and oxygen atoms in total. The molecule has 1 heterocycles. The quantitative estimate of drug-likeness (QED) is 0.655. The predicted molar refractivity (Wildman–Crippen MR) is 80.2 cm³/mol. The number of fused-ring (bicyclic) bond motifs is 1. The van der Waals surface area contributed by atoms with Crippen LogP contribution in [0, 0.1) is 0 Å². The number of benzene rings is 1. The molecule has 2 aliphatic rings. The number of carbonyl (C=O) groups excluding carboxylic acids is 1. The van der Waals surface area contributed by atoms with E-state index in [4.69, 9.17) is 4.74 Å². The van der Waals surface area contributed by atoms with Crippen LogP contribution >= 0.6 is 0 Å². The molecule has 1 N–H and O–H groups in total. The zero-order valence-corrected chi connectivity index (χ0v) is 12.0. The van der Waals surface area contributed by atoms with Crippen LogP contribution in [-0.4, -0.2) is 18.6 Å². The smallest absolute Gasteiger partial charge is 0.338 e. The van der Waals surface area contributed by atoms with Crippen molar-refractivity contribution in [1.82, 2.24) is 0 Å². The van der Waals surface area contributed by atoms with Crippen LogP contribution < -0.4 is 5.32 Å². The fourth-order valence-corrected chi connectivity index (χ4v) is 3.28. The lowest BCUT2D eigenvalue weighted by Crippen LogP contribution is -2.21. The summed E-state index contributed by atoms with van der Waals surface area (Å²) in [5.41, 5.74) is 3.00. The van der Waals surface area contributed by atoms with E-state index in [1.807, 2.05) is 12.1 Å². The summed E-state index contributed by atoms with van der Waals surface area (Å²) >= 11 is 0. The Balaban J connectivity index is 1.73. The average molecular weight is 273 g/mol. The van der Waals surface area contributed by atoms with Crippen molar-refractivity contribution in [3.05, 3.63) is 29.3 Å². The first-order chi connectivity index (χ1) is 9.84. The van der Waals surface area contributed by atoms with Crippen molar-refractivity contribution >= 4 is 11.7 Å². The normalized spacial score (nSPS) is 19.6. The number of ether oxygens (including phenoxy) is 1. The van der Waals surface area contributed by atoms with Gasteiger partial charge in [0, 0.05) is 12.2 Å². The lowest BCUT2D eigenvalue weighted by atomic mass is 9.97. The van der Waals surface area contributed by atoms with Crippen LogP contribution in [0.5, 0.6) is 0 Å². The third kappa shape index (κ3) is 2.97. The lowest BCUT2D eigenvalue weighted by Gasteiger charge is -2.22. The SMILES string of the molecule is O=C(OC1CCCCCC1)c1cccc2c1CCCN2. The van der Waals surface area contributed by atoms with Crippen LogP contribution in [-0.2, 0) is 11.2 Å². The second-order valence-electron chi connectivity index (χ2n) is 5.88. The number of esters is 1. The second kappa shape index (κ2) is 6.29. The number of anilines is 1. The van der Waals surface area contributed by atoms with E-state index in [0.29, 0.717) is 0 Å². The summed E-state index contributed by atoms with van der Waals surface area (Å²) in [7, 11) is 0. The molecule has 1 aliphatic heterocycles. The Morgan fingerprint density at radius 2 is 1.90 bits per heavy atom. The molecule has 3 heteroatoms. The van der Waals surface area contributed by atoms with Crippen LogP contribution in [0.25, 0.3) is 0 Å². The molecular formula is C17H23NO2. The molecule has 108 valence electrons. The van der Waals surface area contributed by atoms with Gasteiger partial charge < -0.3 is 10.1 Å². The third-order valence-electron chi connectivity index (χ3n) is 4.39. The van der Waals surface area contributed by atoms with Gasteiger partial charge in [-0.25, -0.2) is 4.79 Å². The number of hydrogen-bond acceptors (Lipinski definition) is 3. The van der Waals surface area contributed by atoms with E-state index in [-0.39, 0.29) is 12.1 Å². The van der Waals surface area contributed by atoms with Gasteiger partial charge in [-0.05, 0) is 56.2 Å². The van der Waals surface area contributed by atoms with E-state index in [1.165, 1.54) is 25.7 Å². The van der Waals surface area contributed by atoms with Crippen molar-refractivity contribution < 1.29 is 9.53 Å². The van der Waals surface area contributed by atoms with Gasteiger partial charge >= 0.3 is 5.97 Å². The van der Waals surface area contributed by atoms with Gasteiger partial charge in [0.15, 0.2) is 0 Å². The number of carbonyl (C=O) groups is 1. The van der Waals surface area contributed by atoms with Gasteiger partial charge in [0.1, 0.15) is 6.10 Å².